The Kier molecular flexibility index (Phi) is 4.63. The van der Waals surface area contributed by atoms with Crippen molar-refractivity contribution in [3.63, 3.8) is 0 Å². The summed E-state index contributed by atoms with van der Waals surface area (Å²) in [6, 6.07) is 14.2. The minimum atomic E-state index is -0.0124. The van der Waals surface area contributed by atoms with E-state index in [2.05, 4.69) is 33.4 Å². The number of benzene rings is 2. The number of methoxy groups -OCH3 is 1. The zero-order valence-electron chi connectivity index (χ0n) is 14.9. The van der Waals surface area contributed by atoms with Gasteiger partial charge in [-0.15, -0.1) is 0 Å². The summed E-state index contributed by atoms with van der Waals surface area (Å²) >= 11 is 0. The molecular weight excluding hydrogens is 326 g/mol. The average Bonchev–Trinajstić information content (AvgIpc) is 3.12. The lowest BCUT2D eigenvalue weighted by Gasteiger charge is -2.18. The Morgan fingerprint density at radius 2 is 2.12 bits per heavy atom. The maximum atomic E-state index is 12.6. The number of ether oxygens (including phenoxy) is 1. The standard InChI is InChI=1S/C21H23N3O2/c1-26-20-7-6-15-4-2-3-5-16(15)17(20)8-10-23-21(25)18-9-12-24-13-11-22-14-19(18)24/h2-7,9,12,22H,8,10-11,13-14H2,1H3,(H,23,25). The lowest BCUT2D eigenvalue weighted by atomic mass is 10.0. The van der Waals surface area contributed by atoms with Crippen LogP contribution in [0.1, 0.15) is 21.6 Å². The van der Waals surface area contributed by atoms with Crippen LogP contribution in [0.3, 0.4) is 0 Å². The minimum Gasteiger partial charge on any atom is -0.496 e. The Balaban J connectivity index is 1.49. The molecule has 26 heavy (non-hydrogen) atoms. The molecule has 2 heterocycles. The number of rotatable bonds is 5. The molecule has 0 unspecified atom stereocenters. The Hall–Kier alpha value is -2.79. The van der Waals surface area contributed by atoms with E-state index in [4.69, 9.17) is 4.74 Å². The van der Waals surface area contributed by atoms with Crippen LogP contribution in [-0.4, -0.2) is 30.7 Å². The van der Waals surface area contributed by atoms with E-state index in [1.807, 2.05) is 30.5 Å². The first-order chi connectivity index (χ1) is 12.8. The molecular formula is C21H23N3O2. The third kappa shape index (κ3) is 3.06. The summed E-state index contributed by atoms with van der Waals surface area (Å²) in [5.41, 5.74) is 2.96. The number of fused-ring (bicyclic) bond motifs is 2. The fourth-order valence-corrected chi connectivity index (χ4v) is 3.69. The van der Waals surface area contributed by atoms with Crippen LogP contribution in [0.25, 0.3) is 10.8 Å². The molecule has 0 fully saturated rings. The summed E-state index contributed by atoms with van der Waals surface area (Å²) in [6.07, 6.45) is 2.73. The number of carbonyl (C=O) groups excluding carboxylic acids is 1. The summed E-state index contributed by atoms with van der Waals surface area (Å²) in [5.74, 6) is 0.852. The van der Waals surface area contributed by atoms with Gasteiger partial charge >= 0.3 is 0 Å². The Morgan fingerprint density at radius 1 is 1.23 bits per heavy atom. The normalized spacial score (nSPS) is 13.4. The van der Waals surface area contributed by atoms with Crippen LogP contribution in [0.2, 0.25) is 0 Å². The van der Waals surface area contributed by atoms with E-state index >= 15 is 0 Å². The van der Waals surface area contributed by atoms with Crippen LogP contribution in [0, 0.1) is 0 Å². The number of nitrogens with one attached hydrogen (secondary N) is 2. The molecule has 0 saturated carbocycles. The second-order valence-corrected chi connectivity index (χ2v) is 6.52. The molecule has 1 aliphatic rings. The molecule has 1 aromatic heterocycles. The van der Waals surface area contributed by atoms with Crippen molar-refractivity contribution in [3.05, 3.63) is 65.5 Å². The first-order valence-electron chi connectivity index (χ1n) is 8.99. The zero-order valence-corrected chi connectivity index (χ0v) is 14.9. The van der Waals surface area contributed by atoms with E-state index in [9.17, 15) is 4.79 Å². The molecule has 2 aromatic carbocycles. The largest absolute Gasteiger partial charge is 0.496 e. The summed E-state index contributed by atoms with van der Waals surface area (Å²) in [6.45, 7) is 3.17. The van der Waals surface area contributed by atoms with Crippen molar-refractivity contribution in [2.75, 3.05) is 20.2 Å². The predicted molar refractivity (Wildman–Crippen MR) is 103 cm³/mol. The molecule has 1 aliphatic heterocycles. The van der Waals surface area contributed by atoms with Crippen LogP contribution in [0.15, 0.2) is 48.7 Å². The van der Waals surface area contributed by atoms with Crippen molar-refractivity contribution in [2.45, 2.75) is 19.5 Å². The number of nitrogens with zero attached hydrogens (tertiary/aromatic N) is 1. The topological polar surface area (TPSA) is 55.3 Å². The summed E-state index contributed by atoms with van der Waals surface area (Å²) < 4.78 is 7.69. The van der Waals surface area contributed by atoms with Gasteiger partial charge in [-0.25, -0.2) is 0 Å². The number of hydrogen-bond donors (Lipinski definition) is 2. The van der Waals surface area contributed by atoms with Gasteiger partial charge in [-0.2, -0.15) is 0 Å². The highest BCUT2D eigenvalue weighted by Gasteiger charge is 2.18. The third-order valence-corrected chi connectivity index (χ3v) is 5.02. The molecule has 0 atom stereocenters. The van der Waals surface area contributed by atoms with Gasteiger partial charge in [0.2, 0.25) is 0 Å². The minimum absolute atomic E-state index is 0.0124. The molecule has 5 nitrogen and oxygen atoms in total. The lowest BCUT2D eigenvalue weighted by molar-refractivity contribution is 0.0952. The lowest BCUT2D eigenvalue weighted by Crippen LogP contribution is -2.31. The van der Waals surface area contributed by atoms with Crippen molar-refractivity contribution in [1.29, 1.82) is 0 Å². The van der Waals surface area contributed by atoms with Gasteiger partial charge in [-0.1, -0.05) is 30.3 Å². The van der Waals surface area contributed by atoms with Crippen LogP contribution in [0.5, 0.6) is 5.75 Å². The summed E-state index contributed by atoms with van der Waals surface area (Å²) in [5, 5.41) is 8.74. The summed E-state index contributed by atoms with van der Waals surface area (Å²) in [4.78, 5) is 12.6. The van der Waals surface area contributed by atoms with E-state index in [0.29, 0.717) is 6.54 Å². The van der Waals surface area contributed by atoms with Crippen molar-refractivity contribution < 1.29 is 9.53 Å². The van der Waals surface area contributed by atoms with Gasteiger partial charge in [-0.3, -0.25) is 4.79 Å². The van der Waals surface area contributed by atoms with Crippen LogP contribution < -0.4 is 15.4 Å². The molecule has 134 valence electrons. The number of amides is 1. The molecule has 0 bridgehead atoms. The SMILES string of the molecule is COc1ccc2ccccc2c1CCNC(=O)c1ccn2c1CNCC2. The van der Waals surface area contributed by atoms with E-state index in [-0.39, 0.29) is 5.91 Å². The highest BCUT2D eigenvalue weighted by molar-refractivity contribution is 5.95. The van der Waals surface area contributed by atoms with Crippen molar-refractivity contribution >= 4 is 16.7 Å². The average molecular weight is 349 g/mol. The van der Waals surface area contributed by atoms with Crippen LogP contribution in [-0.2, 0) is 19.5 Å². The predicted octanol–water partition coefficient (Wildman–Crippen LogP) is 2.73. The van der Waals surface area contributed by atoms with Crippen LogP contribution >= 0.6 is 0 Å². The van der Waals surface area contributed by atoms with Crippen LogP contribution in [0.4, 0.5) is 0 Å². The Bertz CT molecular complexity index is 946. The van der Waals surface area contributed by atoms with E-state index in [1.54, 1.807) is 7.11 Å². The fourth-order valence-electron chi connectivity index (χ4n) is 3.69. The molecule has 0 spiro atoms. The molecule has 0 saturated heterocycles. The number of hydrogen-bond acceptors (Lipinski definition) is 3. The zero-order chi connectivity index (χ0) is 17.9. The third-order valence-electron chi connectivity index (χ3n) is 5.02. The van der Waals surface area contributed by atoms with Crippen molar-refractivity contribution in [2.24, 2.45) is 0 Å². The van der Waals surface area contributed by atoms with Gasteiger partial charge in [-0.05, 0) is 29.3 Å². The van der Waals surface area contributed by atoms with Gasteiger partial charge in [0.15, 0.2) is 0 Å². The maximum absolute atomic E-state index is 12.6. The molecule has 3 aromatic rings. The fraction of sp³-hybridized carbons (Fsp3) is 0.286. The molecule has 0 aliphatic carbocycles. The molecule has 5 heteroatoms. The quantitative estimate of drug-likeness (QED) is 0.745. The highest BCUT2D eigenvalue weighted by atomic mass is 16.5. The van der Waals surface area contributed by atoms with E-state index in [1.165, 1.54) is 10.8 Å². The van der Waals surface area contributed by atoms with E-state index < -0.39 is 0 Å². The second kappa shape index (κ2) is 7.22. The van der Waals surface area contributed by atoms with Gasteiger partial charge in [0.1, 0.15) is 5.75 Å². The number of aromatic nitrogens is 1. The first kappa shape index (κ1) is 16.7. The molecule has 2 N–H and O–H groups in total. The maximum Gasteiger partial charge on any atom is 0.253 e. The number of carbonyl (C=O) groups is 1. The first-order valence-corrected chi connectivity index (χ1v) is 8.99. The van der Waals surface area contributed by atoms with Crippen molar-refractivity contribution in [3.8, 4) is 5.75 Å². The molecule has 0 radical (unpaired) electrons. The second-order valence-electron chi connectivity index (χ2n) is 6.52. The van der Waals surface area contributed by atoms with E-state index in [0.717, 1.165) is 48.6 Å². The smallest absolute Gasteiger partial charge is 0.253 e. The van der Waals surface area contributed by atoms with Gasteiger partial charge in [0.25, 0.3) is 5.91 Å². The van der Waals surface area contributed by atoms with Gasteiger partial charge in [0.05, 0.1) is 12.7 Å². The highest BCUT2D eigenvalue weighted by Crippen LogP contribution is 2.28. The monoisotopic (exact) mass is 349 g/mol. The molecule has 4 rings (SSSR count). The van der Waals surface area contributed by atoms with Gasteiger partial charge < -0.3 is 19.9 Å². The Morgan fingerprint density at radius 3 is 3.00 bits per heavy atom. The van der Waals surface area contributed by atoms with Gasteiger partial charge in [0, 0.05) is 43.6 Å². The Labute approximate surface area is 153 Å². The summed E-state index contributed by atoms with van der Waals surface area (Å²) in [7, 11) is 1.69. The molecule has 1 amide bonds. The van der Waals surface area contributed by atoms with Crippen molar-refractivity contribution in [1.82, 2.24) is 15.2 Å².